The van der Waals surface area contributed by atoms with Crippen molar-refractivity contribution in [3.63, 3.8) is 0 Å². The van der Waals surface area contributed by atoms with E-state index in [4.69, 9.17) is 5.73 Å². The molecule has 5 N–H and O–H groups in total. The molecule has 0 bridgehead atoms. The molecular weight excluding hydrogens is 296 g/mol. The number of nitrogens with one attached hydrogen (secondary N) is 3. The Labute approximate surface area is 123 Å². The van der Waals surface area contributed by atoms with Crippen LogP contribution in [0.15, 0.2) is 29.2 Å². The lowest BCUT2D eigenvalue weighted by atomic mass is 10.3. The maximum Gasteiger partial charge on any atom is 0.312 e. The lowest BCUT2D eigenvalue weighted by Crippen LogP contribution is -2.36. The number of carbonyl (C=O) groups is 2. The van der Waals surface area contributed by atoms with Crippen molar-refractivity contribution in [3.05, 3.63) is 24.3 Å². The number of amides is 3. The van der Waals surface area contributed by atoms with E-state index in [0.717, 1.165) is 0 Å². The molecule has 0 aliphatic carbocycles. The summed E-state index contributed by atoms with van der Waals surface area (Å²) in [6.45, 7) is 3.18. The molecule has 0 aliphatic heterocycles. The molecule has 0 radical (unpaired) electrons. The third-order valence-corrected chi connectivity index (χ3v) is 3.94. The molecule has 1 rings (SSSR count). The molecule has 21 heavy (non-hydrogen) atoms. The van der Waals surface area contributed by atoms with Crippen LogP contribution in [-0.2, 0) is 14.8 Å². The highest BCUT2D eigenvalue weighted by Gasteiger charge is 2.15. The fourth-order valence-corrected chi connectivity index (χ4v) is 2.72. The number of primary amides is 1. The number of hydrogen-bond donors (Lipinski definition) is 4. The van der Waals surface area contributed by atoms with Gasteiger partial charge in [-0.25, -0.2) is 17.9 Å². The van der Waals surface area contributed by atoms with Gasteiger partial charge in [-0.2, -0.15) is 0 Å². The summed E-state index contributed by atoms with van der Waals surface area (Å²) in [5.74, 6) is -0.468. The normalized spacial score (nSPS) is 11.2. The van der Waals surface area contributed by atoms with Gasteiger partial charge in [0, 0.05) is 11.7 Å². The van der Waals surface area contributed by atoms with Crippen LogP contribution in [0.2, 0.25) is 0 Å². The summed E-state index contributed by atoms with van der Waals surface area (Å²) in [5, 5.41) is 4.64. The van der Waals surface area contributed by atoms with Crippen LogP contribution in [0, 0.1) is 0 Å². The van der Waals surface area contributed by atoms with Gasteiger partial charge in [-0.15, -0.1) is 0 Å². The molecule has 0 spiro atoms. The average Bonchev–Trinajstić information content (AvgIpc) is 2.35. The van der Waals surface area contributed by atoms with E-state index in [1.165, 1.54) is 24.3 Å². The van der Waals surface area contributed by atoms with Gasteiger partial charge in [0.25, 0.3) is 0 Å². The van der Waals surface area contributed by atoms with Gasteiger partial charge >= 0.3 is 6.03 Å². The molecule has 1 aromatic rings. The van der Waals surface area contributed by atoms with Gasteiger partial charge < -0.3 is 16.4 Å². The lowest BCUT2D eigenvalue weighted by Gasteiger charge is -2.10. The first-order chi connectivity index (χ1) is 9.70. The summed E-state index contributed by atoms with van der Waals surface area (Å²) < 4.78 is 26.2. The van der Waals surface area contributed by atoms with E-state index in [9.17, 15) is 18.0 Å². The Morgan fingerprint density at radius 3 is 2.24 bits per heavy atom. The van der Waals surface area contributed by atoms with Crippen molar-refractivity contribution in [3.8, 4) is 0 Å². The summed E-state index contributed by atoms with van der Waals surface area (Å²) in [6, 6.07) is 4.65. The Balaban J connectivity index is 2.70. The first-order valence-electron chi connectivity index (χ1n) is 6.16. The van der Waals surface area contributed by atoms with Crippen molar-refractivity contribution in [2.75, 3.05) is 11.9 Å². The molecule has 1 aromatic carbocycles. The molecule has 116 valence electrons. The summed E-state index contributed by atoms with van der Waals surface area (Å²) in [7, 11) is -3.56. The maximum atomic E-state index is 11.9. The zero-order chi connectivity index (χ0) is 16.0. The minimum absolute atomic E-state index is 0.101. The van der Waals surface area contributed by atoms with E-state index in [-0.39, 0.29) is 17.5 Å². The van der Waals surface area contributed by atoms with E-state index in [1.54, 1.807) is 13.8 Å². The Bertz CT molecular complexity index is 611. The van der Waals surface area contributed by atoms with Crippen LogP contribution in [0.1, 0.15) is 13.8 Å². The summed E-state index contributed by atoms with van der Waals surface area (Å²) in [4.78, 5) is 22.0. The topological polar surface area (TPSA) is 130 Å². The molecule has 9 heteroatoms. The largest absolute Gasteiger partial charge is 0.352 e. The minimum Gasteiger partial charge on any atom is -0.352 e. The van der Waals surface area contributed by atoms with Crippen molar-refractivity contribution in [2.24, 2.45) is 5.73 Å². The van der Waals surface area contributed by atoms with Crippen molar-refractivity contribution in [1.82, 2.24) is 10.0 Å². The van der Waals surface area contributed by atoms with Crippen molar-refractivity contribution >= 4 is 27.6 Å². The first-order valence-corrected chi connectivity index (χ1v) is 7.64. The van der Waals surface area contributed by atoms with E-state index >= 15 is 0 Å². The maximum absolute atomic E-state index is 11.9. The predicted molar refractivity (Wildman–Crippen MR) is 78.1 cm³/mol. The molecule has 0 aliphatic rings. The molecule has 8 nitrogen and oxygen atoms in total. The SMILES string of the molecule is CC(C)NS(=O)(=O)c1ccc(NC(=O)CNC(N)=O)cc1. The van der Waals surface area contributed by atoms with Crippen molar-refractivity contribution < 1.29 is 18.0 Å². The van der Waals surface area contributed by atoms with Crippen LogP contribution in [0.25, 0.3) is 0 Å². The van der Waals surface area contributed by atoms with Crippen molar-refractivity contribution in [2.45, 2.75) is 24.8 Å². The summed E-state index contributed by atoms with van der Waals surface area (Å²) >= 11 is 0. The van der Waals surface area contributed by atoms with Gasteiger partial charge in [0.15, 0.2) is 0 Å². The molecule has 0 fully saturated rings. The van der Waals surface area contributed by atoms with E-state index in [2.05, 4.69) is 15.4 Å². The van der Waals surface area contributed by atoms with Crippen LogP contribution in [0.3, 0.4) is 0 Å². The zero-order valence-electron chi connectivity index (χ0n) is 11.7. The molecule has 0 saturated heterocycles. The summed E-state index contributed by atoms with van der Waals surface area (Å²) in [5.41, 5.74) is 5.25. The Hall–Kier alpha value is -2.13. The number of carbonyl (C=O) groups excluding carboxylic acids is 2. The zero-order valence-corrected chi connectivity index (χ0v) is 12.5. The van der Waals surface area contributed by atoms with Gasteiger partial charge in [-0.3, -0.25) is 4.79 Å². The first kappa shape index (κ1) is 16.9. The molecule has 3 amide bonds. The molecule has 0 heterocycles. The molecule has 0 aromatic heterocycles. The van der Waals surface area contributed by atoms with Crippen LogP contribution < -0.4 is 21.1 Å². The second-order valence-electron chi connectivity index (χ2n) is 4.57. The van der Waals surface area contributed by atoms with Crippen LogP contribution in [0.4, 0.5) is 10.5 Å². The average molecular weight is 314 g/mol. The Morgan fingerprint density at radius 1 is 1.19 bits per heavy atom. The molecular formula is C12H18N4O4S. The smallest absolute Gasteiger partial charge is 0.312 e. The van der Waals surface area contributed by atoms with Gasteiger partial charge in [0.1, 0.15) is 0 Å². The highest BCUT2D eigenvalue weighted by Crippen LogP contribution is 2.14. The Morgan fingerprint density at radius 2 is 1.76 bits per heavy atom. The van der Waals surface area contributed by atoms with Gasteiger partial charge in [0.05, 0.1) is 11.4 Å². The fourth-order valence-electron chi connectivity index (χ4n) is 1.47. The van der Waals surface area contributed by atoms with Gasteiger partial charge in [0.2, 0.25) is 15.9 Å². The monoisotopic (exact) mass is 314 g/mol. The predicted octanol–water partition coefficient (Wildman–Crippen LogP) is -0.0199. The second kappa shape index (κ2) is 7.04. The van der Waals surface area contributed by atoms with Crippen LogP contribution in [-0.4, -0.2) is 32.9 Å². The standard InChI is InChI=1S/C12H18N4O4S/c1-8(2)16-21(19,20)10-5-3-9(4-6-10)15-11(17)7-14-12(13)18/h3-6,8,16H,7H2,1-2H3,(H,15,17)(H3,13,14,18). The summed E-state index contributed by atoms with van der Waals surface area (Å²) in [6.07, 6.45) is 0. The van der Waals surface area contributed by atoms with E-state index in [0.29, 0.717) is 5.69 Å². The van der Waals surface area contributed by atoms with Gasteiger partial charge in [-0.05, 0) is 38.1 Å². The van der Waals surface area contributed by atoms with Crippen molar-refractivity contribution in [1.29, 1.82) is 0 Å². The van der Waals surface area contributed by atoms with E-state index in [1.807, 2.05) is 0 Å². The number of urea groups is 1. The van der Waals surface area contributed by atoms with Crippen LogP contribution in [0.5, 0.6) is 0 Å². The quantitative estimate of drug-likeness (QED) is 0.587. The third-order valence-electron chi connectivity index (χ3n) is 2.26. The number of anilines is 1. The van der Waals surface area contributed by atoms with Gasteiger partial charge in [-0.1, -0.05) is 0 Å². The number of hydrogen-bond acceptors (Lipinski definition) is 4. The second-order valence-corrected chi connectivity index (χ2v) is 6.28. The highest BCUT2D eigenvalue weighted by molar-refractivity contribution is 7.89. The fraction of sp³-hybridized carbons (Fsp3) is 0.333. The molecule has 0 saturated carbocycles. The van der Waals surface area contributed by atoms with Crippen LogP contribution >= 0.6 is 0 Å². The minimum atomic E-state index is -3.56. The number of sulfonamides is 1. The van der Waals surface area contributed by atoms with E-state index < -0.39 is 22.0 Å². The molecule has 0 unspecified atom stereocenters. The third kappa shape index (κ3) is 5.79. The number of rotatable bonds is 6. The number of benzene rings is 1. The molecule has 0 atom stereocenters. The highest BCUT2D eigenvalue weighted by atomic mass is 32.2. The Kier molecular flexibility index (Phi) is 5.68. The number of nitrogens with two attached hydrogens (primary N) is 1. The lowest BCUT2D eigenvalue weighted by molar-refractivity contribution is -0.115.